The lowest BCUT2D eigenvalue weighted by atomic mass is 9.91. The van der Waals surface area contributed by atoms with Crippen molar-refractivity contribution in [3.63, 3.8) is 0 Å². The second-order valence-corrected chi connectivity index (χ2v) is 5.78. The minimum absolute atomic E-state index is 0.122. The highest BCUT2D eigenvalue weighted by molar-refractivity contribution is 5.94. The van der Waals surface area contributed by atoms with Crippen LogP contribution in [0.1, 0.15) is 23.7 Å². The molecule has 0 radical (unpaired) electrons. The Morgan fingerprint density at radius 3 is 2.70 bits per heavy atom. The van der Waals surface area contributed by atoms with Crippen molar-refractivity contribution in [1.82, 2.24) is 4.90 Å². The summed E-state index contributed by atoms with van der Waals surface area (Å²) in [6.45, 7) is 2.61. The first-order chi connectivity index (χ1) is 10.9. The van der Waals surface area contributed by atoms with Gasteiger partial charge in [-0.2, -0.15) is 0 Å². The zero-order chi connectivity index (χ0) is 17.0. The van der Waals surface area contributed by atoms with Crippen molar-refractivity contribution < 1.29 is 24.2 Å². The molecule has 2 amide bonds. The van der Waals surface area contributed by atoms with E-state index in [2.05, 4.69) is 10.1 Å². The Balaban J connectivity index is 2.06. The van der Waals surface area contributed by atoms with E-state index in [0.29, 0.717) is 24.2 Å². The molecule has 0 bridgehead atoms. The smallest absolute Gasteiger partial charge is 0.337 e. The van der Waals surface area contributed by atoms with Crippen molar-refractivity contribution in [3.05, 3.63) is 29.8 Å². The molecular weight excluding hydrogens is 300 g/mol. The summed E-state index contributed by atoms with van der Waals surface area (Å²) in [6, 6.07) is 6.04. The molecule has 1 saturated heterocycles. The van der Waals surface area contributed by atoms with Gasteiger partial charge in [-0.3, -0.25) is 4.79 Å². The number of urea groups is 1. The maximum absolute atomic E-state index is 12.3. The van der Waals surface area contributed by atoms with Crippen molar-refractivity contribution in [2.45, 2.75) is 13.3 Å². The number of amides is 2. The monoisotopic (exact) mass is 320 g/mol. The number of hydrogen-bond donors (Lipinski definition) is 2. The highest BCUT2D eigenvalue weighted by Crippen LogP contribution is 2.22. The number of esters is 1. The fourth-order valence-electron chi connectivity index (χ4n) is 2.74. The van der Waals surface area contributed by atoms with Crippen LogP contribution in [0, 0.1) is 11.8 Å². The number of rotatable bonds is 3. The van der Waals surface area contributed by atoms with Crippen molar-refractivity contribution >= 4 is 23.7 Å². The molecule has 2 atom stereocenters. The number of aliphatic carboxylic acids is 1. The van der Waals surface area contributed by atoms with Gasteiger partial charge < -0.3 is 20.1 Å². The molecule has 23 heavy (non-hydrogen) atoms. The standard InChI is InChI=1S/C16H20N2O5/c1-10-6-12(14(19)20)9-18(8-10)16(22)17-13-5-3-4-11(7-13)15(21)23-2/h3-5,7,10,12H,6,8-9H2,1-2H3,(H,17,22)(H,19,20). The van der Waals surface area contributed by atoms with Crippen LogP contribution in [-0.2, 0) is 9.53 Å². The summed E-state index contributed by atoms with van der Waals surface area (Å²) >= 11 is 0. The number of benzene rings is 1. The SMILES string of the molecule is COC(=O)c1cccc(NC(=O)N2CC(C)CC(C(=O)O)C2)c1. The number of hydrogen-bond acceptors (Lipinski definition) is 4. The first kappa shape index (κ1) is 16.8. The van der Waals surface area contributed by atoms with E-state index in [1.165, 1.54) is 18.1 Å². The number of nitrogens with one attached hydrogen (secondary N) is 1. The Hall–Kier alpha value is -2.57. The first-order valence-electron chi connectivity index (χ1n) is 7.37. The van der Waals surface area contributed by atoms with Gasteiger partial charge in [0.15, 0.2) is 0 Å². The van der Waals surface area contributed by atoms with Crippen LogP contribution in [0.2, 0.25) is 0 Å². The Morgan fingerprint density at radius 2 is 2.04 bits per heavy atom. The number of carbonyl (C=O) groups is 3. The number of piperidine rings is 1. The van der Waals surface area contributed by atoms with Gasteiger partial charge >= 0.3 is 18.0 Å². The molecule has 124 valence electrons. The highest BCUT2D eigenvalue weighted by atomic mass is 16.5. The summed E-state index contributed by atoms with van der Waals surface area (Å²) in [5, 5.41) is 11.9. The van der Waals surface area contributed by atoms with Crippen LogP contribution < -0.4 is 5.32 Å². The van der Waals surface area contributed by atoms with Gasteiger partial charge in [-0.1, -0.05) is 13.0 Å². The molecule has 1 aromatic rings. The van der Waals surface area contributed by atoms with Crippen LogP contribution in [0.3, 0.4) is 0 Å². The molecule has 0 spiro atoms. The quantitative estimate of drug-likeness (QED) is 0.831. The topological polar surface area (TPSA) is 95.9 Å². The molecule has 1 fully saturated rings. The Morgan fingerprint density at radius 1 is 1.30 bits per heavy atom. The number of methoxy groups -OCH3 is 1. The number of likely N-dealkylation sites (tertiary alicyclic amines) is 1. The predicted molar refractivity (Wildman–Crippen MR) is 83.3 cm³/mol. The van der Waals surface area contributed by atoms with Crippen molar-refractivity contribution in [2.24, 2.45) is 11.8 Å². The number of ether oxygens (including phenoxy) is 1. The largest absolute Gasteiger partial charge is 0.481 e. The van der Waals surface area contributed by atoms with Crippen LogP contribution in [0.15, 0.2) is 24.3 Å². The molecule has 7 heteroatoms. The van der Waals surface area contributed by atoms with E-state index < -0.39 is 17.9 Å². The minimum atomic E-state index is -0.887. The molecule has 1 heterocycles. The van der Waals surface area contributed by atoms with Crippen LogP contribution >= 0.6 is 0 Å². The molecule has 1 aliphatic heterocycles. The third-order valence-corrected chi connectivity index (χ3v) is 3.83. The normalized spacial score (nSPS) is 20.7. The molecule has 2 N–H and O–H groups in total. The summed E-state index contributed by atoms with van der Waals surface area (Å²) < 4.78 is 4.64. The fourth-order valence-corrected chi connectivity index (χ4v) is 2.74. The molecular formula is C16H20N2O5. The first-order valence-corrected chi connectivity index (χ1v) is 7.37. The van der Waals surface area contributed by atoms with E-state index in [9.17, 15) is 14.4 Å². The van der Waals surface area contributed by atoms with E-state index in [-0.39, 0.29) is 18.5 Å². The lowest BCUT2D eigenvalue weighted by molar-refractivity contribution is -0.143. The lowest BCUT2D eigenvalue weighted by Gasteiger charge is -2.34. The van der Waals surface area contributed by atoms with E-state index in [4.69, 9.17) is 5.11 Å². The van der Waals surface area contributed by atoms with Crippen molar-refractivity contribution in [1.29, 1.82) is 0 Å². The predicted octanol–water partition coefficient (Wildman–Crippen LogP) is 2.05. The number of carboxylic acids is 1. The number of nitrogens with zero attached hydrogens (tertiary/aromatic N) is 1. The lowest BCUT2D eigenvalue weighted by Crippen LogP contribution is -2.47. The van der Waals surface area contributed by atoms with Gasteiger partial charge in [-0.25, -0.2) is 9.59 Å². The second-order valence-electron chi connectivity index (χ2n) is 5.78. The Kier molecular flexibility index (Phi) is 5.20. The molecule has 1 aliphatic rings. The van der Waals surface area contributed by atoms with Crippen LogP contribution in [0.25, 0.3) is 0 Å². The van der Waals surface area contributed by atoms with Crippen molar-refractivity contribution in [2.75, 3.05) is 25.5 Å². The summed E-state index contributed by atoms with van der Waals surface area (Å²) in [5.41, 5.74) is 0.795. The van der Waals surface area contributed by atoms with Crippen LogP contribution in [-0.4, -0.2) is 48.2 Å². The van der Waals surface area contributed by atoms with E-state index in [1.54, 1.807) is 18.2 Å². The molecule has 2 rings (SSSR count). The second kappa shape index (κ2) is 7.13. The molecule has 2 unspecified atom stereocenters. The fraction of sp³-hybridized carbons (Fsp3) is 0.438. The van der Waals surface area contributed by atoms with Gasteiger partial charge in [0.2, 0.25) is 0 Å². The van der Waals surface area contributed by atoms with Crippen LogP contribution in [0.5, 0.6) is 0 Å². The third kappa shape index (κ3) is 4.21. The molecule has 7 nitrogen and oxygen atoms in total. The van der Waals surface area contributed by atoms with Crippen molar-refractivity contribution in [3.8, 4) is 0 Å². The van der Waals surface area contributed by atoms with E-state index in [1.807, 2.05) is 6.92 Å². The Labute approximate surface area is 134 Å². The van der Waals surface area contributed by atoms with Gasteiger partial charge in [0.05, 0.1) is 18.6 Å². The minimum Gasteiger partial charge on any atom is -0.481 e. The Bertz CT molecular complexity index is 616. The average molecular weight is 320 g/mol. The molecule has 0 saturated carbocycles. The number of anilines is 1. The van der Waals surface area contributed by atoms with Gasteiger partial charge in [0, 0.05) is 18.8 Å². The maximum Gasteiger partial charge on any atom is 0.337 e. The third-order valence-electron chi connectivity index (χ3n) is 3.83. The van der Waals surface area contributed by atoms with Gasteiger partial charge in [-0.05, 0) is 30.5 Å². The average Bonchev–Trinajstić information content (AvgIpc) is 2.53. The maximum atomic E-state index is 12.3. The summed E-state index contributed by atoms with van der Waals surface area (Å²) in [5.74, 6) is -1.80. The zero-order valence-corrected chi connectivity index (χ0v) is 13.1. The number of carbonyl (C=O) groups excluding carboxylic acids is 2. The molecule has 0 aromatic heterocycles. The van der Waals surface area contributed by atoms with Gasteiger partial charge in [0.25, 0.3) is 0 Å². The molecule has 0 aliphatic carbocycles. The summed E-state index contributed by atoms with van der Waals surface area (Å²) in [4.78, 5) is 36.5. The summed E-state index contributed by atoms with van der Waals surface area (Å²) in [6.07, 6.45) is 0.566. The molecule has 1 aromatic carbocycles. The highest BCUT2D eigenvalue weighted by Gasteiger charge is 2.31. The van der Waals surface area contributed by atoms with E-state index >= 15 is 0 Å². The summed E-state index contributed by atoms with van der Waals surface area (Å²) in [7, 11) is 1.29. The van der Waals surface area contributed by atoms with Gasteiger partial charge in [0.1, 0.15) is 0 Å². The van der Waals surface area contributed by atoms with Crippen LogP contribution in [0.4, 0.5) is 10.5 Å². The van der Waals surface area contributed by atoms with Gasteiger partial charge in [-0.15, -0.1) is 0 Å². The number of carboxylic acid groups (broad SMARTS) is 1. The van der Waals surface area contributed by atoms with E-state index in [0.717, 1.165) is 0 Å². The zero-order valence-electron chi connectivity index (χ0n) is 13.1.